The topological polar surface area (TPSA) is 21.3 Å². The normalized spacial score (nSPS) is 23.9. The van der Waals surface area contributed by atoms with Gasteiger partial charge in [0.25, 0.3) is 0 Å². The Morgan fingerprint density at radius 2 is 1.95 bits per heavy atom. The number of ether oxygens (including phenoxy) is 1. The van der Waals surface area contributed by atoms with Crippen molar-refractivity contribution in [1.29, 1.82) is 0 Å². The molecule has 2 unspecified atom stereocenters. The van der Waals surface area contributed by atoms with Crippen molar-refractivity contribution < 1.29 is 9.13 Å². The van der Waals surface area contributed by atoms with E-state index < -0.39 is 0 Å². The maximum atomic E-state index is 13.3. The second-order valence-electron chi connectivity index (χ2n) is 5.72. The molecule has 0 saturated heterocycles. The molecule has 1 aliphatic rings. The summed E-state index contributed by atoms with van der Waals surface area (Å²) < 4.78 is 19.5. The summed E-state index contributed by atoms with van der Waals surface area (Å²) in [5.74, 6) is 0.621. The van der Waals surface area contributed by atoms with E-state index in [1.807, 2.05) is 0 Å². The molecule has 0 heterocycles. The molecule has 1 aliphatic carbocycles. The summed E-state index contributed by atoms with van der Waals surface area (Å²) in [4.78, 5) is 0. The van der Waals surface area contributed by atoms with Gasteiger partial charge < -0.3 is 10.1 Å². The van der Waals surface area contributed by atoms with Crippen LogP contribution in [0.1, 0.15) is 51.0 Å². The van der Waals surface area contributed by atoms with Crippen molar-refractivity contribution in [1.82, 2.24) is 5.32 Å². The van der Waals surface area contributed by atoms with E-state index in [1.54, 1.807) is 19.1 Å². The predicted molar refractivity (Wildman–Crippen MR) is 80.7 cm³/mol. The first-order chi connectivity index (χ1) is 9.70. The van der Waals surface area contributed by atoms with Crippen LogP contribution in [0.2, 0.25) is 0 Å². The molecule has 0 aliphatic heterocycles. The minimum Gasteiger partial charge on any atom is -0.489 e. The van der Waals surface area contributed by atoms with Crippen molar-refractivity contribution in [3.05, 3.63) is 29.6 Å². The SMILES string of the molecule is CCNC1CCCCCCC1Oc1ccc(F)c(C)c1. The second kappa shape index (κ2) is 7.63. The Bertz CT molecular complexity index is 421. The van der Waals surface area contributed by atoms with Crippen LogP contribution in [0, 0.1) is 12.7 Å². The lowest BCUT2D eigenvalue weighted by Crippen LogP contribution is -2.43. The molecule has 1 N–H and O–H groups in total. The van der Waals surface area contributed by atoms with E-state index in [-0.39, 0.29) is 11.9 Å². The number of nitrogens with one attached hydrogen (secondary N) is 1. The Morgan fingerprint density at radius 1 is 1.20 bits per heavy atom. The van der Waals surface area contributed by atoms with Crippen LogP contribution in [-0.4, -0.2) is 18.7 Å². The summed E-state index contributed by atoms with van der Waals surface area (Å²) in [7, 11) is 0. The zero-order valence-corrected chi connectivity index (χ0v) is 12.6. The van der Waals surface area contributed by atoms with Gasteiger partial charge in [0.15, 0.2) is 0 Å². The van der Waals surface area contributed by atoms with E-state index in [2.05, 4.69) is 12.2 Å². The third kappa shape index (κ3) is 4.20. The van der Waals surface area contributed by atoms with Crippen LogP contribution >= 0.6 is 0 Å². The molecule has 0 aromatic heterocycles. The van der Waals surface area contributed by atoms with Crippen molar-refractivity contribution in [3.63, 3.8) is 0 Å². The van der Waals surface area contributed by atoms with Crippen LogP contribution in [0.5, 0.6) is 5.75 Å². The fourth-order valence-electron chi connectivity index (χ4n) is 2.95. The van der Waals surface area contributed by atoms with Gasteiger partial charge in [0.05, 0.1) is 0 Å². The first-order valence-electron chi connectivity index (χ1n) is 7.87. The maximum Gasteiger partial charge on any atom is 0.126 e. The van der Waals surface area contributed by atoms with E-state index >= 15 is 0 Å². The smallest absolute Gasteiger partial charge is 0.126 e. The van der Waals surface area contributed by atoms with Crippen molar-refractivity contribution in [2.24, 2.45) is 0 Å². The predicted octanol–water partition coefficient (Wildman–Crippen LogP) is 4.21. The molecule has 112 valence electrons. The van der Waals surface area contributed by atoms with Gasteiger partial charge in [-0.2, -0.15) is 0 Å². The minimum atomic E-state index is -0.168. The Morgan fingerprint density at radius 3 is 2.65 bits per heavy atom. The van der Waals surface area contributed by atoms with Crippen molar-refractivity contribution in [2.75, 3.05) is 6.54 Å². The number of rotatable bonds is 4. The quantitative estimate of drug-likeness (QED) is 0.891. The molecule has 1 aromatic rings. The molecule has 20 heavy (non-hydrogen) atoms. The number of benzene rings is 1. The third-order valence-electron chi connectivity index (χ3n) is 4.09. The Balaban J connectivity index is 2.06. The van der Waals surface area contributed by atoms with Crippen molar-refractivity contribution >= 4 is 0 Å². The highest BCUT2D eigenvalue weighted by Crippen LogP contribution is 2.24. The molecule has 0 spiro atoms. The van der Waals surface area contributed by atoms with Crippen LogP contribution in [0.3, 0.4) is 0 Å². The minimum absolute atomic E-state index is 0.168. The molecule has 1 saturated carbocycles. The maximum absolute atomic E-state index is 13.3. The van der Waals surface area contributed by atoms with Gasteiger partial charge in [-0.05, 0) is 56.5 Å². The largest absolute Gasteiger partial charge is 0.489 e. The highest BCUT2D eigenvalue weighted by atomic mass is 19.1. The number of hydrogen-bond acceptors (Lipinski definition) is 2. The average Bonchev–Trinajstić information content (AvgIpc) is 2.41. The first kappa shape index (κ1) is 15.3. The van der Waals surface area contributed by atoms with Crippen LogP contribution in [0.15, 0.2) is 18.2 Å². The molecule has 1 fully saturated rings. The van der Waals surface area contributed by atoms with E-state index in [1.165, 1.54) is 38.2 Å². The van der Waals surface area contributed by atoms with Crippen LogP contribution in [-0.2, 0) is 0 Å². The lowest BCUT2D eigenvalue weighted by Gasteiger charge is -2.30. The van der Waals surface area contributed by atoms with Gasteiger partial charge in [0.1, 0.15) is 17.7 Å². The molecule has 1 aromatic carbocycles. The Kier molecular flexibility index (Phi) is 5.84. The van der Waals surface area contributed by atoms with Gasteiger partial charge in [0.2, 0.25) is 0 Å². The molecule has 2 atom stereocenters. The van der Waals surface area contributed by atoms with Gasteiger partial charge in [-0.15, -0.1) is 0 Å². The molecule has 0 bridgehead atoms. The standard InChI is InChI=1S/C17H26FNO/c1-3-19-16-8-6-4-5-7-9-17(16)20-14-10-11-15(18)13(2)12-14/h10-12,16-17,19H,3-9H2,1-2H3. The monoisotopic (exact) mass is 279 g/mol. The van der Waals surface area contributed by atoms with Crippen LogP contribution < -0.4 is 10.1 Å². The molecule has 0 radical (unpaired) electrons. The highest BCUT2D eigenvalue weighted by molar-refractivity contribution is 5.29. The summed E-state index contributed by atoms with van der Waals surface area (Å²) in [6.07, 6.45) is 7.53. The second-order valence-corrected chi connectivity index (χ2v) is 5.72. The molecule has 2 rings (SSSR count). The lowest BCUT2D eigenvalue weighted by molar-refractivity contribution is 0.128. The molecular formula is C17H26FNO. The van der Waals surface area contributed by atoms with Crippen molar-refractivity contribution in [3.8, 4) is 5.75 Å². The Labute approximate surface area is 121 Å². The Hall–Kier alpha value is -1.09. The number of likely N-dealkylation sites (N-methyl/N-ethyl adjacent to an activating group) is 1. The molecular weight excluding hydrogens is 253 g/mol. The molecule has 0 amide bonds. The highest BCUT2D eigenvalue weighted by Gasteiger charge is 2.23. The molecule has 2 nitrogen and oxygen atoms in total. The van der Waals surface area contributed by atoms with E-state index in [4.69, 9.17) is 4.74 Å². The van der Waals surface area contributed by atoms with Gasteiger partial charge in [-0.1, -0.05) is 26.2 Å². The first-order valence-corrected chi connectivity index (χ1v) is 7.87. The van der Waals surface area contributed by atoms with E-state index in [9.17, 15) is 4.39 Å². The van der Waals surface area contributed by atoms with Gasteiger partial charge in [0, 0.05) is 6.04 Å². The van der Waals surface area contributed by atoms with Crippen LogP contribution in [0.25, 0.3) is 0 Å². The summed E-state index contributed by atoms with van der Waals surface area (Å²) in [6.45, 7) is 4.88. The summed E-state index contributed by atoms with van der Waals surface area (Å²) in [5.41, 5.74) is 0.647. The van der Waals surface area contributed by atoms with Gasteiger partial charge >= 0.3 is 0 Å². The zero-order chi connectivity index (χ0) is 14.4. The number of aryl methyl sites for hydroxylation is 1. The van der Waals surface area contributed by atoms with Gasteiger partial charge in [-0.25, -0.2) is 4.39 Å². The van der Waals surface area contributed by atoms with Crippen LogP contribution in [0.4, 0.5) is 4.39 Å². The van der Waals surface area contributed by atoms with E-state index in [0.29, 0.717) is 11.6 Å². The van der Waals surface area contributed by atoms with E-state index in [0.717, 1.165) is 18.7 Å². The zero-order valence-electron chi connectivity index (χ0n) is 12.6. The third-order valence-corrected chi connectivity index (χ3v) is 4.09. The number of hydrogen-bond donors (Lipinski definition) is 1. The summed E-state index contributed by atoms with van der Waals surface area (Å²) >= 11 is 0. The lowest BCUT2D eigenvalue weighted by atomic mass is 9.94. The van der Waals surface area contributed by atoms with Gasteiger partial charge in [-0.3, -0.25) is 0 Å². The summed E-state index contributed by atoms with van der Waals surface area (Å²) in [6, 6.07) is 5.45. The summed E-state index contributed by atoms with van der Waals surface area (Å²) in [5, 5.41) is 3.55. The average molecular weight is 279 g/mol. The fraction of sp³-hybridized carbons (Fsp3) is 0.647. The number of halogens is 1. The molecule has 3 heteroatoms. The van der Waals surface area contributed by atoms with Crippen molar-refractivity contribution in [2.45, 2.75) is 64.5 Å². The fourth-order valence-corrected chi connectivity index (χ4v) is 2.95.